The largest absolute Gasteiger partial charge is 0.469 e. The Balaban J connectivity index is 2.31. The maximum absolute atomic E-state index is 11.3. The van der Waals surface area contributed by atoms with Crippen LogP contribution in [-0.2, 0) is 16.1 Å². The third-order valence-corrected chi connectivity index (χ3v) is 2.51. The molecule has 0 bridgehead atoms. The summed E-state index contributed by atoms with van der Waals surface area (Å²) < 4.78 is 10.1. The van der Waals surface area contributed by atoms with Crippen LogP contribution in [0, 0.1) is 12.8 Å². The smallest absolute Gasteiger partial charge is 0.309 e. The van der Waals surface area contributed by atoms with Crippen LogP contribution in [0.2, 0.25) is 0 Å². The number of furan rings is 1. The molecule has 0 amide bonds. The molecule has 4 nitrogen and oxygen atoms in total. The van der Waals surface area contributed by atoms with Crippen LogP contribution in [-0.4, -0.2) is 19.6 Å². The van der Waals surface area contributed by atoms with E-state index in [1.807, 2.05) is 26.0 Å². The van der Waals surface area contributed by atoms with E-state index in [1.165, 1.54) is 7.11 Å². The summed E-state index contributed by atoms with van der Waals surface area (Å²) >= 11 is 0. The van der Waals surface area contributed by atoms with E-state index in [9.17, 15) is 4.79 Å². The first-order valence-electron chi connectivity index (χ1n) is 5.51. The molecule has 1 atom stereocenters. The van der Waals surface area contributed by atoms with Crippen molar-refractivity contribution in [1.29, 1.82) is 0 Å². The summed E-state index contributed by atoms with van der Waals surface area (Å²) in [7, 11) is 1.42. The first-order chi connectivity index (χ1) is 7.67. The fourth-order valence-corrected chi connectivity index (χ4v) is 1.51. The van der Waals surface area contributed by atoms with Crippen LogP contribution in [0.4, 0.5) is 0 Å². The van der Waals surface area contributed by atoms with Gasteiger partial charge >= 0.3 is 5.97 Å². The van der Waals surface area contributed by atoms with Crippen molar-refractivity contribution in [3.63, 3.8) is 0 Å². The highest BCUT2D eigenvalue weighted by atomic mass is 16.5. The first-order valence-corrected chi connectivity index (χ1v) is 5.51. The quantitative estimate of drug-likeness (QED) is 0.751. The second-order valence-corrected chi connectivity index (χ2v) is 3.77. The van der Waals surface area contributed by atoms with Gasteiger partial charge in [-0.15, -0.1) is 0 Å². The third-order valence-electron chi connectivity index (χ3n) is 2.51. The lowest BCUT2D eigenvalue weighted by atomic mass is 10.1. The highest BCUT2D eigenvalue weighted by Crippen LogP contribution is 2.07. The second-order valence-electron chi connectivity index (χ2n) is 3.77. The van der Waals surface area contributed by atoms with Crippen LogP contribution in [0.3, 0.4) is 0 Å². The molecule has 0 aliphatic carbocycles. The van der Waals surface area contributed by atoms with Gasteiger partial charge in [-0.25, -0.2) is 0 Å². The Morgan fingerprint density at radius 2 is 2.31 bits per heavy atom. The van der Waals surface area contributed by atoms with Crippen molar-refractivity contribution >= 4 is 5.97 Å². The van der Waals surface area contributed by atoms with Crippen molar-refractivity contribution in [3.8, 4) is 0 Å². The van der Waals surface area contributed by atoms with Gasteiger partial charge in [0.1, 0.15) is 11.5 Å². The number of hydrogen-bond donors (Lipinski definition) is 1. The van der Waals surface area contributed by atoms with Crippen LogP contribution < -0.4 is 5.32 Å². The van der Waals surface area contributed by atoms with Crippen molar-refractivity contribution in [2.75, 3.05) is 13.7 Å². The number of ether oxygens (including phenoxy) is 1. The summed E-state index contributed by atoms with van der Waals surface area (Å²) in [5.41, 5.74) is 0. The van der Waals surface area contributed by atoms with Crippen molar-refractivity contribution in [2.24, 2.45) is 5.92 Å². The molecule has 1 heterocycles. The van der Waals surface area contributed by atoms with E-state index >= 15 is 0 Å². The van der Waals surface area contributed by atoms with Crippen LogP contribution in [0.1, 0.15) is 24.9 Å². The maximum atomic E-state index is 11.3. The molecule has 1 rings (SSSR count). The number of hydrogen-bond acceptors (Lipinski definition) is 4. The minimum Gasteiger partial charge on any atom is -0.469 e. The van der Waals surface area contributed by atoms with Gasteiger partial charge in [-0.3, -0.25) is 4.79 Å². The predicted molar refractivity (Wildman–Crippen MR) is 60.9 cm³/mol. The molecule has 1 aromatic rings. The molecule has 0 spiro atoms. The molecule has 0 aliphatic rings. The van der Waals surface area contributed by atoms with Gasteiger partial charge in [0.2, 0.25) is 0 Å². The van der Waals surface area contributed by atoms with Gasteiger partial charge in [-0.2, -0.15) is 0 Å². The number of carbonyl (C=O) groups excluding carboxylic acids is 1. The molecule has 0 aromatic carbocycles. The molecule has 0 radical (unpaired) electrons. The minimum atomic E-state index is -0.161. The van der Waals surface area contributed by atoms with Crippen molar-refractivity contribution in [3.05, 3.63) is 23.7 Å². The molecule has 4 heteroatoms. The summed E-state index contributed by atoms with van der Waals surface area (Å²) in [6.07, 6.45) is 0.775. The lowest BCUT2D eigenvalue weighted by Gasteiger charge is -2.12. The zero-order chi connectivity index (χ0) is 12.0. The highest BCUT2D eigenvalue weighted by Gasteiger charge is 2.16. The van der Waals surface area contributed by atoms with Crippen molar-refractivity contribution in [2.45, 2.75) is 26.8 Å². The SMILES string of the molecule is CCC(CNCc1ccc(C)o1)C(=O)OC. The molecule has 0 saturated heterocycles. The van der Waals surface area contributed by atoms with Gasteiger partial charge in [0.05, 0.1) is 19.6 Å². The monoisotopic (exact) mass is 225 g/mol. The van der Waals surface area contributed by atoms with Crippen LogP contribution in [0.5, 0.6) is 0 Å². The van der Waals surface area contributed by atoms with E-state index in [1.54, 1.807) is 0 Å². The van der Waals surface area contributed by atoms with E-state index in [0.717, 1.165) is 17.9 Å². The summed E-state index contributed by atoms with van der Waals surface area (Å²) in [5.74, 6) is 1.54. The molecule has 90 valence electrons. The summed E-state index contributed by atoms with van der Waals surface area (Å²) in [6.45, 7) is 5.14. The number of carbonyl (C=O) groups is 1. The topological polar surface area (TPSA) is 51.5 Å². The molecule has 0 saturated carbocycles. The molecular formula is C12H19NO3. The van der Waals surface area contributed by atoms with Gasteiger partial charge < -0.3 is 14.5 Å². The predicted octanol–water partition coefficient (Wildman–Crippen LogP) is 1.88. The third kappa shape index (κ3) is 3.70. The van der Waals surface area contributed by atoms with E-state index in [-0.39, 0.29) is 11.9 Å². The number of esters is 1. The van der Waals surface area contributed by atoms with Gasteiger partial charge in [0, 0.05) is 6.54 Å². The minimum absolute atomic E-state index is 0.0824. The van der Waals surface area contributed by atoms with E-state index < -0.39 is 0 Å². The second kappa shape index (κ2) is 6.33. The van der Waals surface area contributed by atoms with Gasteiger partial charge in [-0.05, 0) is 25.5 Å². The summed E-state index contributed by atoms with van der Waals surface area (Å²) in [6, 6.07) is 3.86. The Kier molecular flexibility index (Phi) is 5.05. The van der Waals surface area contributed by atoms with Gasteiger partial charge in [0.15, 0.2) is 0 Å². The van der Waals surface area contributed by atoms with E-state index in [4.69, 9.17) is 9.15 Å². The molecule has 0 fully saturated rings. The molecule has 0 aliphatic heterocycles. The zero-order valence-corrected chi connectivity index (χ0v) is 10.1. The Morgan fingerprint density at radius 3 is 2.81 bits per heavy atom. The lowest BCUT2D eigenvalue weighted by molar-refractivity contribution is -0.145. The van der Waals surface area contributed by atoms with Crippen LogP contribution in [0.15, 0.2) is 16.5 Å². The number of rotatable bonds is 6. The number of methoxy groups -OCH3 is 1. The Morgan fingerprint density at radius 1 is 1.56 bits per heavy atom. The van der Waals surface area contributed by atoms with Gasteiger partial charge in [0.25, 0.3) is 0 Å². The Bertz CT molecular complexity index is 333. The summed E-state index contributed by atoms with van der Waals surface area (Å²) in [5, 5.41) is 3.19. The molecule has 16 heavy (non-hydrogen) atoms. The average molecular weight is 225 g/mol. The van der Waals surface area contributed by atoms with Crippen molar-refractivity contribution in [1.82, 2.24) is 5.32 Å². The maximum Gasteiger partial charge on any atom is 0.309 e. The normalized spacial score (nSPS) is 12.4. The molecule has 1 unspecified atom stereocenters. The molecule has 1 N–H and O–H groups in total. The zero-order valence-electron chi connectivity index (χ0n) is 10.1. The number of nitrogens with one attached hydrogen (secondary N) is 1. The fourth-order valence-electron chi connectivity index (χ4n) is 1.51. The van der Waals surface area contributed by atoms with E-state index in [2.05, 4.69) is 5.32 Å². The number of aryl methyl sites for hydroxylation is 1. The van der Waals surface area contributed by atoms with Crippen LogP contribution >= 0.6 is 0 Å². The molecular weight excluding hydrogens is 206 g/mol. The first kappa shape index (κ1) is 12.8. The van der Waals surface area contributed by atoms with Crippen LogP contribution in [0.25, 0.3) is 0 Å². The fraction of sp³-hybridized carbons (Fsp3) is 0.583. The summed E-state index contributed by atoms with van der Waals surface area (Å²) in [4.78, 5) is 11.3. The molecule has 1 aromatic heterocycles. The standard InChI is InChI=1S/C12H19NO3/c1-4-10(12(14)15-3)7-13-8-11-6-5-9(2)16-11/h5-6,10,13H,4,7-8H2,1-3H3. The Hall–Kier alpha value is -1.29. The average Bonchev–Trinajstić information content (AvgIpc) is 2.69. The van der Waals surface area contributed by atoms with Gasteiger partial charge in [-0.1, -0.05) is 6.92 Å². The highest BCUT2D eigenvalue weighted by molar-refractivity contribution is 5.72. The van der Waals surface area contributed by atoms with Crippen molar-refractivity contribution < 1.29 is 13.9 Å². The van der Waals surface area contributed by atoms with E-state index in [0.29, 0.717) is 13.1 Å². The Labute approximate surface area is 96.0 Å². The lowest BCUT2D eigenvalue weighted by Crippen LogP contribution is -2.28.